The van der Waals surface area contributed by atoms with Gasteiger partial charge >= 0.3 is 0 Å². The summed E-state index contributed by atoms with van der Waals surface area (Å²) in [4.78, 5) is 0.260. The third kappa shape index (κ3) is 3.01. The summed E-state index contributed by atoms with van der Waals surface area (Å²) in [6.07, 6.45) is 1.63. The maximum Gasteiger partial charge on any atom is 0.243 e. The zero-order valence-corrected chi connectivity index (χ0v) is 13.3. The van der Waals surface area contributed by atoms with E-state index in [9.17, 15) is 13.5 Å². The van der Waals surface area contributed by atoms with Crippen molar-refractivity contribution >= 4 is 21.6 Å². The van der Waals surface area contributed by atoms with Crippen LogP contribution in [0.1, 0.15) is 25.3 Å². The van der Waals surface area contributed by atoms with E-state index in [2.05, 4.69) is 0 Å². The van der Waals surface area contributed by atoms with Crippen molar-refractivity contribution in [1.29, 1.82) is 0 Å². The third-order valence-corrected chi connectivity index (χ3v) is 6.27. The highest BCUT2D eigenvalue weighted by Gasteiger charge is 2.35. The Morgan fingerprint density at radius 2 is 2.10 bits per heavy atom. The molecule has 1 N–H and O–H groups in total. The average molecular weight is 318 g/mol. The SMILES string of the molecule is Cc1ccc(Cl)cc1S(=O)(=O)N1CC(CO)CCC1C. The summed E-state index contributed by atoms with van der Waals surface area (Å²) in [5, 5.41) is 9.70. The average Bonchev–Trinajstić information content (AvgIpc) is 2.41. The Morgan fingerprint density at radius 1 is 1.40 bits per heavy atom. The second-order valence-corrected chi connectivity index (χ2v) is 7.75. The smallest absolute Gasteiger partial charge is 0.243 e. The van der Waals surface area contributed by atoms with Gasteiger partial charge in [-0.25, -0.2) is 8.42 Å². The number of piperidine rings is 1. The highest BCUT2D eigenvalue weighted by Crippen LogP contribution is 2.30. The van der Waals surface area contributed by atoms with Crippen molar-refractivity contribution in [2.45, 2.75) is 37.6 Å². The summed E-state index contributed by atoms with van der Waals surface area (Å²) in [5.41, 5.74) is 0.688. The largest absolute Gasteiger partial charge is 0.396 e. The molecular formula is C14H20ClNO3S. The molecule has 0 aromatic heterocycles. The molecule has 112 valence electrons. The Labute approximate surface area is 125 Å². The Kier molecular flexibility index (Phi) is 4.74. The summed E-state index contributed by atoms with van der Waals surface area (Å²) in [7, 11) is -3.57. The van der Waals surface area contributed by atoms with Crippen LogP contribution in [0.5, 0.6) is 0 Å². The van der Waals surface area contributed by atoms with E-state index < -0.39 is 10.0 Å². The zero-order chi connectivity index (χ0) is 14.9. The first kappa shape index (κ1) is 15.8. The minimum absolute atomic E-state index is 0.0143. The molecule has 4 nitrogen and oxygen atoms in total. The predicted molar refractivity (Wildman–Crippen MR) is 79.4 cm³/mol. The van der Waals surface area contributed by atoms with E-state index in [1.165, 1.54) is 10.4 Å². The van der Waals surface area contributed by atoms with Crippen molar-refractivity contribution in [3.8, 4) is 0 Å². The van der Waals surface area contributed by atoms with Crippen LogP contribution < -0.4 is 0 Å². The fraction of sp³-hybridized carbons (Fsp3) is 0.571. The van der Waals surface area contributed by atoms with E-state index in [1.54, 1.807) is 19.1 Å². The monoisotopic (exact) mass is 317 g/mol. The number of hydrogen-bond acceptors (Lipinski definition) is 3. The Hall–Kier alpha value is -0.620. The van der Waals surface area contributed by atoms with Gasteiger partial charge in [0.05, 0.1) is 4.90 Å². The van der Waals surface area contributed by atoms with E-state index in [0.717, 1.165) is 12.8 Å². The van der Waals surface area contributed by atoms with E-state index in [4.69, 9.17) is 11.6 Å². The van der Waals surface area contributed by atoms with Crippen molar-refractivity contribution in [2.24, 2.45) is 5.92 Å². The van der Waals surface area contributed by atoms with Gasteiger partial charge in [-0.15, -0.1) is 0 Å². The van der Waals surface area contributed by atoms with Crippen LogP contribution in [0.15, 0.2) is 23.1 Å². The van der Waals surface area contributed by atoms with E-state index in [1.807, 2.05) is 6.92 Å². The number of aliphatic hydroxyl groups excluding tert-OH is 1. The quantitative estimate of drug-likeness (QED) is 0.931. The lowest BCUT2D eigenvalue weighted by Crippen LogP contribution is -2.46. The molecule has 2 rings (SSSR count). The summed E-state index contributed by atoms with van der Waals surface area (Å²) in [6.45, 7) is 4.06. The molecule has 0 amide bonds. The summed E-state index contributed by atoms with van der Waals surface area (Å²) >= 11 is 5.93. The first-order valence-corrected chi connectivity index (χ1v) is 8.57. The minimum atomic E-state index is -3.57. The topological polar surface area (TPSA) is 57.6 Å². The van der Waals surface area contributed by atoms with Gasteiger partial charge in [0.25, 0.3) is 0 Å². The van der Waals surface area contributed by atoms with E-state index in [-0.39, 0.29) is 23.5 Å². The molecule has 1 aliphatic heterocycles. The normalized spacial score (nSPS) is 24.8. The number of benzene rings is 1. The number of sulfonamides is 1. The second-order valence-electron chi connectivity index (χ2n) is 5.46. The second kappa shape index (κ2) is 6.02. The fourth-order valence-corrected chi connectivity index (χ4v) is 4.84. The molecule has 6 heteroatoms. The molecule has 1 heterocycles. The lowest BCUT2D eigenvalue weighted by molar-refractivity contribution is 0.139. The molecule has 0 saturated carbocycles. The van der Waals surface area contributed by atoms with Crippen LogP contribution in [0.4, 0.5) is 0 Å². The summed E-state index contributed by atoms with van der Waals surface area (Å²) in [6, 6.07) is 4.85. The standard InChI is InChI=1S/C14H20ClNO3S/c1-10-3-6-13(15)7-14(10)20(18,19)16-8-12(9-17)5-4-11(16)2/h3,6-7,11-12,17H,4-5,8-9H2,1-2H3. The van der Waals surface area contributed by atoms with Crippen LogP contribution in [-0.4, -0.2) is 37.0 Å². The lowest BCUT2D eigenvalue weighted by Gasteiger charge is -2.36. The van der Waals surface area contributed by atoms with Crippen LogP contribution in [-0.2, 0) is 10.0 Å². The maximum atomic E-state index is 12.8. The van der Waals surface area contributed by atoms with Crippen molar-refractivity contribution in [2.75, 3.05) is 13.2 Å². The highest BCUT2D eigenvalue weighted by molar-refractivity contribution is 7.89. The molecule has 0 spiro atoms. The van der Waals surface area contributed by atoms with Gasteiger partial charge in [0, 0.05) is 24.2 Å². The van der Waals surface area contributed by atoms with Crippen LogP contribution in [0.25, 0.3) is 0 Å². The van der Waals surface area contributed by atoms with Gasteiger partial charge in [-0.05, 0) is 50.3 Å². The summed E-state index contributed by atoms with van der Waals surface area (Å²) in [5.74, 6) is 0.0143. The molecule has 2 atom stereocenters. The number of nitrogens with zero attached hydrogens (tertiary/aromatic N) is 1. The van der Waals surface area contributed by atoms with Gasteiger partial charge in [-0.3, -0.25) is 0 Å². The zero-order valence-electron chi connectivity index (χ0n) is 11.7. The number of hydrogen-bond donors (Lipinski definition) is 1. The van der Waals surface area contributed by atoms with Gasteiger partial charge in [-0.2, -0.15) is 4.31 Å². The van der Waals surface area contributed by atoms with Gasteiger partial charge in [0.15, 0.2) is 0 Å². The Balaban J connectivity index is 2.40. The number of rotatable bonds is 3. The van der Waals surface area contributed by atoms with Crippen molar-refractivity contribution in [3.63, 3.8) is 0 Å². The van der Waals surface area contributed by atoms with Gasteiger partial charge in [0.1, 0.15) is 0 Å². The number of halogens is 1. The highest BCUT2D eigenvalue weighted by atomic mass is 35.5. The molecule has 0 aliphatic carbocycles. The molecule has 0 bridgehead atoms. The molecular weight excluding hydrogens is 298 g/mol. The van der Waals surface area contributed by atoms with Crippen LogP contribution in [0.3, 0.4) is 0 Å². The number of aryl methyl sites for hydroxylation is 1. The van der Waals surface area contributed by atoms with Gasteiger partial charge in [-0.1, -0.05) is 17.7 Å². The van der Waals surface area contributed by atoms with E-state index in [0.29, 0.717) is 17.1 Å². The summed E-state index contributed by atoms with van der Waals surface area (Å²) < 4.78 is 27.1. The maximum absolute atomic E-state index is 12.8. The molecule has 1 aromatic carbocycles. The third-order valence-electron chi connectivity index (χ3n) is 3.92. The minimum Gasteiger partial charge on any atom is -0.396 e. The molecule has 1 aromatic rings. The van der Waals surface area contributed by atoms with Gasteiger partial charge < -0.3 is 5.11 Å². The molecule has 2 unspecified atom stereocenters. The van der Waals surface area contributed by atoms with Crippen molar-refractivity contribution in [3.05, 3.63) is 28.8 Å². The lowest BCUT2D eigenvalue weighted by atomic mass is 9.96. The molecule has 1 aliphatic rings. The van der Waals surface area contributed by atoms with Crippen LogP contribution in [0.2, 0.25) is 5.02 Å². The van der Waals surface area contributed by atoms with Crippen molar-refractivity contribution < 1.29 is 13.5 Å². The first-order chi connectivity index (χ1) is 9.36. The van der Waals surface area contributed by atoms with Crippen LogP contribution in [0, 0.1) is 12.8 Å². The van der Waals surface area contributed by atoms with Crippen molar-refractivity contribution in [1.82, 2.24) is 4.31 Å². The molecule has 1 fully saturated rings. The van der Waals surface area contributed by atoms with E-state index >= 15 is 0 Å². The first-order valence-electron chi connectivity index (χ1n) is 6.75. The predicted octanol–water partition coefficient (Wildman–Crippen LogP) is 2.43. The number of aliphatic hydroxyl groups is 1. The molecule has 0 radical (unpaired) electrons. The molecule has 20 heavy (non-hydrogen) atoms. The van der Waals surface area contributed by atoms with Gasteiger partial charge in [0.2, 0.25) is 10.0 Å². The molecule has 1 saturated heterocycles. The van der Waals surface area contributed by atoms with Crippen LogP contribution >= 0.6 is 11.6 Å². The Bertz CT molecular complexity index is 588. The Morgan fingerprint density at radius 3 is 2.75 bits per heavy atom. The fourth-order valence-electron chi connectivity index (χ4n) is 2.61.